The van der Waals surface area contributed by atoms with E-state index in [2.05, 4.69) is 4.74 Å². The third-order valence-electron chi connectivity index (χ3n) is 3.66. The molecule has 3 aromatic rings. The molecule has 0 saturated carbocycles. The van der Waals surface area contributed by atoms with Gasteiger partial charge in [-0.05, 0) is 23.8 Å². The Bertz CT molecular complexity index is 996. The van der Waals surface area contributed by atoms with E-state index in [1.807, 2.05) is 30.3 Å². The lowest BCUT2D eigenvalue weighted by Gasteiger charge is -2.11. The van der Waals surface area contributed by atoms with Gasteiger partial charge >= 0.3 is 5.97 Å². The van der Waals surface area contributed by atoms with Crippen LogP contribution in [-0.4, -0.2) is 5.97 Å². The van der Waals surface area contributed by atoms with E-state index >= 15 is 0 Å². The highest BCUT2D eigenvalue weighted by Gasteiger charge is 2.28. The second kappa shape index (κ2) is 8.43. The molecule has 0 N–H and O–H groups in total. The summed E-state index contributed by atoms with van der Waals surface area (Å²) in [5.74, 6) is -13.9. The molecule has 28 heavy (non-hydrogen) atoms. The highest BCUT2D eigenvalue weighted by Crippen LogP contribution is 2.32. The van der Waals surface area contributed by atoms with Gasteiger partial charge in [-0.1, -0.05) is 48.2 Å². The molecule has 0 aliphatic carbocycles. The number of carbonyl (C=O) groups is 1. The fourth-order valence-corrected chi connectivity index (χ4v) is 3.31. The molecule has 0 aliphatic rings. The predicted molar refractivity (Wildman–Crippen MR) is 92.6 cm³/mol. The van der Waals surface area contributed by atoms with Gasteiger partial charge in [-0.2, -0.15) is 8.78 Å². The first-order chi connectivity index (χ1) is 13.4. The van der Waals surface area contributed by atoms with Gasteiger partial charge in [0.2, 0.25) is 34.8 Å². The molecule has 2 nitrogen and oxygen atoms in total. The van der Waals surface area contributed by atoms with Gasteiger partial charge in [-0.3, -0.25) is 4.79 Å². The van der Waals surface area contributed by atoms with Crippen LogP contribution in [0, 0.1) is 29.1 Å². The molecule has 144 valence electrons. The number of rotatable bonds is 5. The Morgan fingerprint density at radius 1 is 0.750 bits per heavy atom. The van der Waals surface area contributed by atoms with Crippen LogP contribution in [0.1, 0.15) is 5.56 Å². The van der Waals surface area contributed by atoms with Gasteiger partial charge in [0.25, 0.3) is 0 Å². The summed E-state index contributed by atoms with van der Waals surface area (Å²) < 4.78 is 71.3. The number of carbonyl (C=O) groups excluding carboxylic acids is 1. The first-order valence-corrected chi connectivity index (χ1v) is 8.73. The zero-order chi connectivity index (χ0) is 20.3. The van der Waals surface area contributed by atoms with Crippen molar-refractivity contribution in [2.75, 3.05) is 0 Å². The minimum Gasteiger partial charge on any atom is -0.420 e. The molecule has 0 amide bonds. The molecule has 0 aliphatic heterocycles. The highest BCUT2D eigenvalue weighted by atomic mass is 32.2. The van der Waals surface area contributed by atoms with Crippen LogP contribution in [0.15, 0.2) is 64.4 Å². The molecule has 0 unspecified atom stereocenters. The molecule has 0 radical (unpaired) electrons. The lowest BCUT2D eigenvalue weighted by atomic mass is 10.1. The standard InChI is InChI=1S/C20H11F5O2S/c21-15-16(22)18(24)20(19(25)17(15)23)27-14(26)10-11-6-4-5-9-13(11)28-12-7-2-1-3-8-12/h1-9H,10H2. The SMILES string of the molecule is O=C(Cc1ccccc1Sc1ccccc1)Oc1c(F)c(F)c(F)c(F)c1F. The fourth-order valence-electron chi connectivity index (χ4n) is 2.34. The van der Waals surface area contributed by atoms with Crippen LogP contribution in [0.5, 0.6) is 5.75 Å². The second-order valence-electron chi connectivity index (χ2n) is 5.57. The highest BCUT2D eigenvalue weighted by molar-refractivity contribution is 7.99. The summed E-state index contributed by atoms with van der Waals surface area (Å²) in [6.07, 6.45) is -0.421. The molecule has 0 fully saturated rings. The smallest absolute Gasteiger partial charge is 0.315 e. The number of halogens is 5. The summed E-state index contributed by atoms with van der Waals surface area (Å²) in [4.78, 5) is 13.7. The van der Waals surface area contributed by atoms with E-state index in [1.54, 1.807) is 24.3 Å². The summed E-state index contributed by atoms with van der Waals surface area (Å²) in [7, 11) is 0. The number of benzene rings is 3. The van der Waals surface area contributed by atoms with Crippen molar-refractivity contribution in [1.82, 2.24) is 0 Å². The topological polar surface area (TPSA) is 26.3 Å². The minimum atomic E-state index is -2.32. The Morgan fingerprint density at radius 2 is 1.29 bits per heavy atom. The monoisotopic (exact) mass is 410 g/mol. The van der Waals surface area contributed by atoms with Gasteiger partial charge in [-0.25, -0.2) is 13.2 Å². The van der Waals surface area contributed by atoms with E-state index in [-0.39, 0.29) is 0 Å². The van der Waals surface area contributed by atoms with Crippen LogP contribution >= 0.6 is 11.8 Å². The molecular weight excluding hydrogens is 399 g/mol. The normalized spacial score (nSPS) is 10.8. The van der Waals surface area contributed by atoms with Crippen molar-refractivity contribution < 1.29 is 31.5 Å². The Hall–Kier alpha value is -2.87. The molecule has 0 saturated heterocycles. The average Bonchev–Trinajstić information content (AvgIpc) is 2.70. The van der Waals surface area contributed by atoms with Crippen LogP contribution in [0.3, 0.4) is 0 Å². The summed E-state index contributed by atoms with van der Waals surface area (Å²) in [5.41, 5.74) is 0.477. The number of esters is 1. The Balaban J connectivity index is 1.82. The van der Waals surface area contributed by atoms with Gasteiger partial charge in [0.15, 0.2) is 0 Å². The van der Waals surface area contributed by atoms with E-state index < -0.39 is 47.2 Å². The zero-order valence-electron chi connectivity index (χ0n) is 14.0. The van der Waals surface area contributed by atoms with Crippen molar-refractivity contribution in [2.24, 2.45) is 0 Å². The maximum Gasteiger partial charge on any atom is 0.315 e. The number of hydrogen-bond donors (Lipinski definition) is 0. The third kappa shape index (κ3) is 4.17. The van der Waals surface area contributed by atoms with Crippen molar-refractivity contribution in [1.29, 1.82) is 0 Å². The minimum absolute atomic E-state index is 0.421. The molecule has 0 atom stereocenters. The quantitative estimate of drug-likeness (QED) is 0.178. The van der Waals surface area contributed by atoms with Gasteiger partial charge in [0.1, 0.15) is 0 Å². The first-order valence-electron chi connectivity index (χ1n) is 7.91. The van der Waals surface area contributed by atoms with E-state index in [1.165, 1.54) is 11.8 Å². The van der Waals surface area contributed by atoms with Crippen molar-refractivity contribution in [2.45, 2.75) is 16.2 Å². The van der Waals surface area contributed by atoms with Crippen LogP contribution in [0.25, 0.3) is 0 Å². The van der Waals surface area contributed by atoms with Gasteiger partial charge in [0.05, 0.1) is 6.42 Å². The number of ether oxygens (including phenoxy) is 1. The van der Waals surface area contributed by atoms with Crippen LogP contribution in [-0.2, 0) is 11.2 Å². The maximum atomic E-state index is 13.7. The average molecular weight is 410 g/mol. The van der Waals surface area contributed by atoms with E-state index in [0.29, 0.717) is 10.5 Å². The van der Waals surface area contributed by atoms with Gasteiger partial charge < -0.3 is 4.74 Å². The zero-order valence-corrected chi connectivity index (χ0v) is 14.8. The van der Waals surface area contributed by atoms with Crippen LogP contribution in [0.4, 0.5) is 22.0 Å². The van der Waals surface area contributed by atoms with Crippen molar-refractivity contribution in [3.63, 3.8) is 0 Å². The fraction of sp³-hybridized carbons (Fsp3) is 0.0500. The summed E-state index contributed by atoms with van der Waals surface area (Å²) in [6.45, 7) is 0. The van der Waals surface area contributed by atoms with Gasteiger partial charge in [0, 0.05) is 9.79 Å². The van der Waals surface area contributed by atoms with Crippen molar-refractivity contribution in [3.8, 4) is 5.75 Å². The Kier molecular flexibility index (Phi) is 5.99. The van der Waals surface area contributed by atoms with Crippen LogP contribution in [0.2, 0.25) is 0 Å². The van der Waals surface area contributed by atoms with Crippen LogP contribution < -0.4 is 4.74 Å². The molecule has 0 aromatic heterocycles. The molecule has 3 rings (SSSR count). The number of hydrogen-bond acceptors (Lipinski definition) is 3. The molecule has 3 aromatic carbocycles. The Labute approximate surface area is 161 Å². The third-order valence-corrected chi connectivity index (χ3v) is 4.79. The van der Waals surface area contributed by atoms with E-state index in [0.717, 1.165) is 4.90 Å². The maximum absolute atomic E-state index is 13.7. The first kappa shape index (κ1) is 19.9. The van der Waals surface area contributed by atoms with E-state index in [4.69, 9.17) is 0 Å². The molecule has 0 heterocycles. The van der Waals surface area contributed by atoms with Gasteiger partial charge in [-0.15, -0.1) is 0 Å². The summed E-state index contributed by atoms with van der Waals surface area (Å²) in [6, 6.07) is 16.0. The second-order valence-corrected chi connectivity index (χ2v) is 6.69. The largest absolute Gasteiger partial charge is 0.420 e. The summed E-state index contributed by atoms with van der Waals surface area (Å²) in [5, 5.41) is 0. The van der Waals surface area contributed by atoms with Crippen molar-refractivity contribution >= 4 is 17.7 Å². The Morgan fingerprint density at radius 3 is 1.93 bits per heavy atom. The summed E-state index contributed by atoms with van der Waals surface area (Å²) >= 11 is 1.35. The van der Waals surface area contributed by atoms with E-state index in [9.17, 15) is 26.7 Å². The lowest BCUT2D eigenvalue weighted by Crippen LogP contribution is -2.16. The molecule has 8 heteroatoms. The molecule has 0 bridgehead atoms. The lowest BCUT2D eigenvalue weighted by molar-refractivity contribution is -0.134. The van der Waals surface area contributed by atoms with Crippen molar-refractivity contribution in [3.05, 3.63) is 89.2 Å². The molecular formula is C20H11F5O2S. The molecule has 0 spiro atoms. The predicted octanol–water partition coefficient (Wildman–Crippen LogP) is 5.68.